The summed E-state index contributed by atoms with van der Waals surface area (Å²) < 4.78 is 10.1. The number of rotatable bonds is 4. The van der Waals surface area contributed by atoms with Crippen LogP contribution in [0.5, 0.6) is 0 Å². The van der Waals surface area contributed by atoms with E-state index in [9.17, 15) is 9.90 Å². The van der Waals surface area contributed by atoms with Crippen molar-refractivity contribution in [2.75, 3.05) is 7.11 Å². The molecule has 1 aliphatic heterocycles. The molecule has 4 nitrogen and oxygen atoms in total. The zero-order valence-corrected chi connectivity index (χ0v) is 9.92. The maximum atomic E-state index is 11.4. The molecule has 1 aliphatic rings. The Bertz CT molecular complexity index is 416. The Morgan fingerprint density at radius 1 is 1.59 bits per heavy atom. The minimum Gasteiger partial charge on any atom is -0.465 e. The number of hydrogen-bond acceptors (Lipinski definition) is 4. The first-order valence-electron chi connectivity index (χ1n) is 5.69. The third-order valence-electron chi connectivity index (χ3n) is 2.96. The van der Waals surface area contributed by atoms with Crippen molar-refractivity contribution >= 4 is 5.97 Å². The quantitative estimate of drug-likeness (QED) is 0.638. The summed E-state index contributed by atoms with van der Waals surface area (Å²) in [5, 5.41) is 9.64. The fourth-order valence-corrected chi connectivity index (χ4v) is 1.88. The van der Waals surface area contributed by atoms with E-state index >= 15 is 0 Å². The number of ether oxygens (including phenoxy) is 2. The molecule has 92 valence electrons. The number of aliphatic hydroxyl groups is 1. The minimum atomic E-state index is -0.443. The van der Waals surface area contributed by atoms with Gasteiger partial charge < -0.3 is 14.6 Å². The van der Waals surface area contributed by atoms with E-state index in [-0.39, 0.29) is 18.2 Å². The third-order valence-corrected chi connectivity index (χ3v) is 2.96. The van der Waals surface area contributed by atoms with Gasteiger partial charge in [-0.25, -0.2) is 4.79 Å². The summed E-state index contributed by atoms with van der Waals surface area (Å²) in [5.41, 5.74) is 1.41. The lowest BCUT2D eigenvalue weighted by Crippen LogP contribution is -2.13. The van der Waals surface area contributed by atoms with Crippen molar-refractivity contribution in [1.82, 2.24) is 0 Å². The van der Waals surface area contributed by atoms with Crippen LogP contribution in [0, 0.1) is 0 Å². The summed E-state index contributed by atoms with van der Waals surface area (Å²) in [6.45, 7) is 1.91. The largest absolute Gasteiger partial charge is 0.465 e. The second kappa shape index (κ2) is 4.85. The van der Waals surface area contributed by atoms with Gasteiger partial charge in [0.1, 0.15) is 12.2 Å². The molecule has 4 heteroatoms. The van der Waals surface area contributed by atoms with Crippen LogP contribution < -0.4 is 0 Å². The molecule has 0 radical (unpaired) electrons. The Balaban J connectivity index is 2.11. The highest BCUT2D eigenvalue weighted by molar-refractivity contribution is 5.89. The summed E-state index contributed by atoms with van der Waals surface area (Å²) in [5.74, 6) is -0.361. The Morgan fingerprint density at radius 3 is 3.00 bits per heavy atom. The fraction of sp³-hybridized carbons (Fsp3) is 0.462. The molecule has 2 rings (SSSR count). The minimum absolute atomic E-state index is 0.102. The summed E-state index contributed by atoms with van der Waals surface area (Å²) in [4.78, 5) is 11.4. The van der Waals surface area contributed by atoms with Gasteiger partial charge in [0, 0.05) is 0 Å². The van der Waals surface area contributed by atoms with Crippen LogP contribution in [-0.2, 0) is 9.47 Å². The average Bonchev–Trinajstić information content (AvgIpc) is 3.17. The van der Waals surface area contributed by atoms with E-state index < -0.39 is 6.10 Å². The molecule has 1 saturated heterocycles. The highest BCUT2D eigenvalue weighted by atomic mass is 16.6. The van der Waals surface area contributed by atoms with E-state index in [1.807, 2.05) is 13.0 Å². The van der Waals surface area contributed by atoms with Crippen molar-refractivity contribution in [2.24, 2.45) is 0 Å². The Labute approximate surface area is 100 Å². The van der Waals surface area contributed by atoms with Gasteiger partial charge in [0.05, 0.1) is 18.8 Å². The number of benzene rings is 1. The lowest BCUT2D eigenvalue weighted by molar-refractivity contribution is 0.0600. The molecular formula is C13H16O4. The van der Waals surface area contributed by atoms with Crippen LogP contribution >= 0.6 is 0 Å². The summed E-state index contributed by atoms with van der Waals surface area (Å²) >= 11 is 0. The molecule has 1 fully saturated rings. The molecule has 0 aliphatic carbocycles. The van der Waals surface area contributed by atoms with Crippen LogP contribution in [0.2, 0.25) is 0 Å². The van der Waals surface area contributed by atoms with Crippen molar-refractivity contribution in [3.05, 3.63) is 35.4 Å². The predicted octanol–water partition coefficient (Wildman–Crippen LogP) is 1.68. The van der Waals surface area contributed by atoms with Gasteiger partial charge in [-0.15, -0.1) is 0 Å². The van der Waals surface area contributed by atoms with Crippen LogP contribution in [0.25, 0.3) is 0 Å². The Hall–Kier alpha value is -1.39. The normalized spacial score (nSPS) is 24.2. The molecule has 0 spiro atoms. The van der Waals surface area contributed by atoms with Gasteiger partial charge in [0.25, 0.3) is 0 Å². The molecule has 0 bridgehead atoms. The van der Waals surface area contributed by atoms with Crippen molar-refractivity contribution in [2.45, 2.75) is 31.7 Å². The summed E-state index contributed by atoms with van der Waals surface area (Å²) in [7, 11) is 1.35. The maximum Gasteiger partial charge on any atom is 0.337 e. The van der Waals surface area contributed by atoms with Gasteiger partial charge >= 0.3 is 5.97 Å². The zero-order valence-electron chi connectivity index (χ0n) is 9.92. The number of hydrogen-bond donors (Lipinski definition) is 1. The number of epoxide rings is 1. The van der Waals surface area contributed by atoms with Crippen molar-refractivity contribution in [3.63, 3.8) is 0 Å². The smallest absolute Gasteiger partial charge is 0.337 e. The number of aliphatic hydroxyl groups excluding tert-OH is 1. The average molecular weight is 236 g/mol. The van der Waals surface area contributed by atoms with E-state index in [1.165, 1.54) is 7.11 Å². The third kappa shape index (κ3) is 2.48. The van der Waals surface area contributed by atoms with Crippen LogP contribution in [0.4, 0.5) is 0 Å². The fourth-order valence-electron chi connectivity index (χ4n) is 1.88. The second-order valence-electron chi connectivity index (χ2n) is 4.11. The first-order valence-corrected chi connectivity index (χ1v) is 5.69. The molecule has 3 atom stereocenters. The number of methoxy groups -OCH3 is 1. The Morgan fingerprint density at radius 2 is 2.35 bits per heavy atom. The maximum absolute atomic E-state index is 11.4. The molecule has 1 N–H and O–H groups in total. The number of carbonyl (C=O) groups is 1. The molecule has 1 aromatic carbocycles. The summed E-state index contributed by atoms with van der Waals surface area (Å²) in [6, 6.07) is 7.12. The van der Waals surface area contributed by atoms with Crippen molar-refractivity contribution in [3.8, 4) is 0 Å². The molecule has 0 amide bonds. The van der Waals surface area contributed by atoms with Crippen LogP contribution in [0.1, 0.15) is 35.4 Å². The van der Waals surface area contributed by atoms with Crippen molar-refractivity contribution in [1.29, 1.82) is 0 Å². The molecule has 0 aromatic heterocycles. The van der Waals surface area contributed by atoms with Crippen molar-refractivity contribution < 1.29 is 19.4 Å². The zero-order chi connectivity index (χ0) is 12.4. The predicted molar refractivity (Wildman–Crippen MR) is 61.7 cm³/mol. The van der Waals surface area contributed by atoms with Crippen LogP contribution in [0.3, 0.4) is 0 Å². The standard InChI is InChI=1S/C13H16O4/c1-3-10(14)12-11(17-12)8-5-4-6-9(7-8)13(15)16-2/h4-7,10-12,14H,3H2,1-2H3/t10?,11-,12-/m1/s1. The van der Waals surface area contributed by atoms with E-state index in [0.29, 0.717) is 12.0 Å². The van der Waals surface area contributed by atoms with Gasteiger partial charge in [0.2, 0.25) is 0 Å². The van der Waals surface area contributed by atoms with Gasteiger partial charge in [-0.3, -0.25) is 0 Å². The molecule has 17 heavy (non-hydrogen) atoms. The second-order valence-corrected chi connectivity index (χ2v) is 4.11. The SMILES string of the molecule is CCC(O)[C@H]1O[C@@H]1c1cccc(C(=O)OC)c1. The van der Waals surface area contributed by atoms with Gasteiger partial charge in [-0.1, -0.05) is 19.1 Å². The molecular weight excluding hydrogens is 220 g/mol. The van der Waals surface area contributed by atoms with Gasteiger partial charge in [-0.05, 0) is 24.1 Å². The molecule has 1 aromatic rings. The number of carbonyl (C=O) groups excluding carboxylic acids is 1. The first kappa shape index (κ1) is 12.1. The monoisotopic (exact) mass is 236 g/mol. The Kier molecular flexibility index (Phi) is 3.45. The first-order chi connectivity index (χ1) is 8.17. The van der Waals surface area contributed by atoms with E-state index in [4.69, 9.17) is 4.74 Å². The summed E-state index contributed by atoms with van der Waals surface area (Å²) in [6.07, 6.45) is -0.0260. The van der Waals surface area contributed by atoms with E-state index in [0.717, 1.165) is 5.56 Å². The molecule has 1 heterocycles. The highest BCUT2D eigenvalue weighted by Gasteiger charge is 2.44. The highest BCUT2D eigenvalue weighted by Crippen LogP contribution is 2.41. The molecule has 1 unspecified atom stereocenters. The lowest BCUT2D eigenvalue weighted by atomic mass is 10.0. The number of esters is 1. The van der Waals surface area contributed by atoms with E-state index in [2.05, 4.69) is 4.74 Å². The van der Waals surface area contributed by atoms with Gasteiger partial charge in [0.15, 0.2) is 0 Å². The van der Waals surface area contributed by atoms with Gasteiger partial charge in [-0.2, -0.15) is 0 Å². The topological polar surface area (TPSA) is 59.1 Å². The lowest BCUT2D eigenvalue weighted by Gasteiger charge is -2.03. The van der Waals surface area contributed by atoms with Crippen LogP contribution in [-0.4, -0.2) is 30.4 Å². The van der Waals surface area contributed by atoms with Crippen LogP contribution in [0.15, 0.2) is 24.3 Å². The molecule has 0 saturated carbocycles. The van der Waals surface area contributed by atoms with E-state index in [1.54, 1.807) is 18.2 Å².